The molecule has 2 unspecified atom stereocenters. The molecule has 1 aliphatic heterocycles. The molecule has 4 N–H and O–H groups in total. The summed E-state index contributed by atoms with van der Waals surface area (Å²) in [5.74, 6) is -0.979. The lowest BCUT2D eigenvalue weighted by molar-refractivity contribution is -0.125. The third-order valence-corrected chi connectivity index (χ3v) is 5.10. The highest BCUT2D eigenvalue weighted by atomic mass is 16.5. The SMILES string of the molecule is COC(=O)c1ccc(NC2(C(N)=O)CCN(C(=O)O)C(C(C)(C)C)C2)cc1. The van der Waals surface area contributed by atoms with Crippen LogP contribution < -0.4 is 11.1 Å². The predicted molar refractivity (Wildman–Crippen MR) is 101 cm³/mol. The van der Waals surface area contributed by atoms with E-state index < -0.39 is 23.5 Å². The minimum absolute atomic E-state index is 0.202. The molecule has 27 heavy (non-hydrogen) atoms. The molecule has 1 saturated heterocycles. The Morgan fingerprint density at radius 1 is 1.26 bits per heavy atom. The molecule has 0 aromatic heterocycles. The summed E-state index contributed by atoms with van der Waals surface area (Å²) in [4.78, 5) is 36.9. The monoisotopic (exact) mass is 377 g/mol. The van der Waals surface area contributed by atoms with Crippen molar-refractivity contribution in [1.82, 2.24) is 4.90 Å². The summed E-state index contributed by atoms with van der Waals surface area (Å²) in [6, 6.07) is 6.16. The third-order valence-electron chi connectivity index (χ3n) is 5.10. The Balaban J connectivity index is 2.31. The van der Waals surface area contributed by atoms with Crippen LogP contribution in [-0.2, 0) is 9.53 Å². The Morgan fingerprint density at radius 2 is 1.85 bits per heavy atom. The normalized spacial score (nSPS) is 22.8. The molecular formula is C19H27N3O5. The second kappa shape index (κ2) is 7.46. The molecule has 1 aromatic carbocycles. The summed E-state index contributed by atoms with van der Waals surface area (Å²) in [7, 11) is 1.31. The number of ether oxygens (including phenoxy) is 1. The number of nitrogens with one attached hydrogen (secondary N) is 1. The first kappa shape index (κ1) is 20.5. The van der Waals surface area contributed by atoms with Crippen LogP contribution >= 0.6 is 0 Å². The first-order valence-corrected chi connectivity index (χ1v) is 8.76. The predicted octanol–water partition coefficient (Wildman–Crippen LogP) is 2.30. The molecule has 1 aromatic rings. The lowest BCUT2D eigenvalue weighted by Gasteiger charge is -2.49. The van der Waals surface area contributed by atoms with Gasteiger partial charge in [-0.25, -0.2) is 9.59 Å². The van der Waals surface area contributed by atoms with Crippen molar-refractivity contribution < 1.29 is 24.2 Å². The molecule has 8 heteroatoms. The Morgan fingerprint density at radius 3 is 2.30 bits per heavy atom. The van der Waals surface area contributed by atoms with E-state index in [0.717, 1.165) is 0 Å². The zero-order valence-corrected chi connectivity index (χ0v) is 16.1. The molecule has 2 rings (SSSR count). The topological polar surface area (TPSA) is 122 Å². The molecular weight excluding hydrogens is 350 g/mol. The van der Waals surface area contributed by atoms with Gasteiger partial charge in [0.25, 0.3) is 0 Å². The molecule has 2 amide bonds. The zero-order valence-electron chi connectivity index (χ0n) is 16.1. The van der Waals surface area contributed by atoms with Gasteiger partial charge in [0.2, 0.25) is 5.91 Å². The minimum Gasteiger partial charge on any atom is -0.465 e. The number of carbonyl (C=O) groups is 3. The molecule has 1 fully saturated rings. The first-order valence-electron chi connectivity index (χ1n) is 8.76. The van der Waals surface area contributed by atoms with Gasteiger partial charge in [-0.15, -0.1) is 0 Å². The van der Waals surface area contributed by atoms with Crippen LogP contribution in [0.2, 0.25) is 0 Å². The van der Waals surface area contributed by atoms with Gasteiger partial charge < -0.3 is 25.8 Å². The van der Waals surface area contributed by atoms with Crippen LogP contribution in [0, 0.1) is 5.41 Å². The van der Waals surface area contributed by atoms with Gasteiger partial charge in [0.15, 0.2) is 0 Å². The molecule has 0 spiro atoms. The minimum atomic E-state index is -1.07. The number of hydrogen-bond acceptors (Lipinski definition) is 5. The smallest absolute Gasteiger partial charge is 0.407 e. The standard InChI is InChI=1S/C19H27N3O5/c1-18(2,3)14-11-19(16(20)24,9-10-22(14)17(25)26)21-13-7-5-12(6-8-13)15(23)27-4/h5-8,14,21H,9-11H2,1-4H3,(H2,20,24)(H,25,26). The van der Waals surface area contributed by atoms with E-state index in [1.165, 1.54) is 12.0 Å². The Bertz CT molecular complexity index is 726. The highest BCUT2D eigenvalue weighted by Gasteiger charge is 2.49. The van der Waals surface area contributed by atoms with Crippen molar-refractivity contribution in [2.45, 2.75) is 45.2 Å². The quantitative estimate of drug-likeness (QED) is 0.692. The number of amides is 2. The Labute approximate surface area is 158 Å². The number of primary amides is 1. The van der Waals surface area contributed by atoms with Crippen LogP contribution in [0.3, 0.4) is 0 Å². The molecule has 0 bridgehead atoms. The van der Waals surface area contributed by atoms with E-state index in [-0.39, 0.29) is 30.8 Å². The van der Waals surface area contributed by atoms with E-state index in [1.54, 1.807) is 24.3 Å². The maximum atomic E-state index is 12.4. The molecule has 148 valence electrons. The van der Waals surface area contributed by atoms with Crippen LogP contribution in [0.4, 0.5) is 10.5 Å². The molecule has 0 radical (unpaired) electrons. The fraction of sp³-hybridized carbons (Fsp3) is 0.526. The molecule has 1 aliphatic rings. The number of esters is 1. The summed E-state index contributed by atoms with van der Waals surface area (Å²) in [6.07, 6.45) is -0.480. The number of carboxylic acid groups (broad SMARTS) is 1. The first-order chi connectivity index (χ1) is 12.5. The van der Waals surface area contributed by atoms with Gasteiger partial charge >= 0.3 is 12.1 Å². The van der Waals surface area contributed by atoms with Gasteiger partial charge in [-0.2, -0.15) is 0 Å². The third kappa shape index (κ3) is 4.32. The molecule has 1 heterocycles. The Kier molecular flexibility index (Phi) is 5.67. The van der Waals surface area contributed by atoms with Crippen molar-refractivity contribution in [3.63, 3.8) is 0 Å². The number of nitrogens with two attached hydrogens (primary N) is 1. The Hall–Kier alpha value is -2.77. The number of methoxy groups -OCH3 is 1. The number of nitrogens with zero attached hydrogens (tertiary/aromatic N) is 1. The average Bonchev–Trinajstić information content (AvgIpc) is 2.60. The second-order valence-electron chi connectivity index (χ2n) is 7.95. The van der Waals surface area contributed by atoms with Crippen molar-refractivity contribution >= 4 is 23.7 Å². The summed E-state index contributed by atoms with van der Waals surface area (Å²) in [5, 5.41) is 12.7. The largest absolute Gasteiger partial charge is 0.465 e. The van der Waals surface area contributed by atoms with Crippen LogP contribution in [0.15, 0.2) is 24.3 Å². The number of likely N-dealkylation sites (tertiary alicyclic amines) is 1. The van der Waals surface area contributed by atoms with Crippen LogP contribution in [0.1, 0.15) is 44.0 Å². The molecule has 0 aliphatic carbocycles. The number of hydrogen-bond donors (Lipinski definition) is 3. The van der Waals surface area contributed by atoms with E-state index in [9.17, 15) is 19.5 Å². The highest BCUT2D eigenvalue weighted by Crippen LogP contribution is 2.38. The van der Waals surface area contributed by atoms with Crippen LogP contribution in [0.25, 0.3) is 0 Å². The second-order valence-corrected chi connectivity index (χ2v) is 7.95. The molecule has 0 saturated carbocycles. The van der Waals surface area contributed by atoms with E-state index >= 15 is 0 Å². The summed E-state index contributed by atoms with van der Waals surface area (Å²) < 4.78 is 4.68. The number of rotatable bonds is 4. The lowest BCUT2D eigenvalue weighted by Crippen LogP contribution is -2.63. The summed E-state index contributed by atoms with van der Waals surface area (Å²) >= 11 is 0. The zero-order chi connectivity index (χ0) is 20.4. The van der Waals surface area contributed by atoms with E-state index in [1.807, 2.05) is 20.8 Å². The molecule has 2 atom stereocenters. The summed E-state index contributed by atoms with van der Waals surface area (Å²) in [5.41, 5.74) is 5.31. The molecule has 8 nitrogen and oxygen atoms in total. The van der Waals surface area contributed by atoms with E-state index in [2.05, 4.69) is 10.1 Å². The van der Waals surface area contributed by atoms with Crippen LogP contribution in [0.5, 0.6) is 0 Å². The average molecular weight is 377 g/mol. The van der Waals surface area contributed by atoms with Crippen molar-refractivity contribution in [1.29, 1.82) is 0 Å². The van der Waals surface area contributed by atoms with Gasteiger partial charge in [-0.1, -0.05) is 20.8 Å². The number of benzene rings is 1. The fourth-order valence-electron chi connectivity index (χ4n) is 3.49. The lowest BCUT2D eigenvalue weighted by atomic mass is 9.73. The highest BCUT2D eigenvalue weighted by molar-refractivity contribution is 5.91. The van der Waals surface area contributed by atoms with Gasteiger partial charge in [-0.3, -0.25) is 4.79 Å². The summed E-state index contributed by atoms with van der Waals surface area (Å²) in [6.45, 7) is 6.02. The van der Waals surface area contributed by atoms with E-state index in [4.69, 9.17) is 5.73 Å². The number of anilines is 1. The fourth-order valence-corrected chi connectivity index (χ4v) is 3.49. The van der Waals surface area contributed by atoms with Crippen molar-refractivity contribution in [2.75, 3.05) is 19.0 Å². The van der Waals surface area contributed by atoms with E-state index in [0.29, 0.717) is 11.3 Å². The number of carbonyl (C=O) groups excluding carboxylic acids is 2. The van der Waals surface area contributed by atoms with Gasteiger partial charge in [-0.05, 0) is 36.1 Å². The maximum absolute atomic E-state index is 12.4. The van der Waals surface area contributed by atoms with Crippen molar-refractivity contribution in [3.8, 4) is 0 Å². The maximum Gasteiger partial charge on any atom is 0.407 e. The van der Waals surface area contributed by atoms with Crippen LogP contribution in [-0.4, -0.2) is 53.2 Å². The number of piperidine rings is 1. The van der Waals surface area contributed by atoms with Crippen molar-refractivity contribution in [3.05, 3.63) is 29.8 Å². The van der Waals surface area contributed by atoms with Gasteiger partial charge in [0, 0.05) is 24.7 Å². The van der Waals surface area contributed by atoms with Crippen molar-refractivity contribution in [2.24, 2.45) is 11.1 Å². The van der Waals surface area contributed by atoms with Gasteiger partial charge in [0.05, 0.1) is 12.7 Å². The van der Waals surface area contributed by atoms with Gasteiger partial charge in [0.1, 0.15) is 5.54 Å².